The number of benzene rings is 1. The third kappa shape index (κ3) is 3.56. The van der Waals surface area contributed by atoms with Gasteiger partial charge >= 0.3 is 0 Å². The molecule has 2 aromatic heterocycles. The minimum atomic E-state index is -0.0664. The van der Waals surface area contributed by atoms with Crippen LogP contribution in [0.15, 0.2) is 28.8 Å². The first kappa shape index (κ1) is 18.4. The largest absolute Gasteiger partial charge is 0.355 e. The number of aryl methyl sites for hydroxylation is 3. The quantitative estimate of drug-likeness (QED) is 0.750. The van der Waals surface area contributed by atoms with Gasteiger partial charge in [-0.15, -0.1) is 0 Å². The maximum atomic E-state index is 12.8. The second-order valence-corrected chi connectivity index (χ2v) is 7.47. The molecular weight excluding hydrogens is 354 g/mol. The average molecular weight is 379 g/mol. The van der Waals surface area contributed by atoms with Gasteiger partial charge in [-0.1, -0.05) is 29.4 Å². The van der Waals surface area contributed by atoms with Crippen LogP contribution in [0.4, 0.5) is 5.82 Å². The van der Waals surface area contributed by atoms with Crippen LogP contribution in [0, 0.1) is 26.7 Å². The number of anilines is 1. The number of nitrogens with one attached hydrogen (secondary N) is 1. The van der Waals surface area contributed by atoms with Gasteiger partial charge in [0.1, 0.15) is 17.0 Å². The molecule has 0 unspecified atom stereocenters. The van der Waals surface area contributed by atoms with Crippen LogP contribution in [-0.4, -0.2) is 34.1 Å². The lowest BCUT2D eigenvalue weighted by molar-refractivity contribution is -0.125. The molecule has 1 aliphatic rings. The molecule has 3 aromatic rings. The van der Waals surface area contributed by atoms with Gasteiger partial charge in [0, 0.05) is 19.6 Å². The molecular formula is C21H25N5O2. The summed E-state index contributed by atoms with van der Waals surface area (Å²) in [6.07, 6.45) is 1.82. The maximum absolute atomic E-state index is 12.8. The van der Waals surface area contributed by atoms with Crippen molar-refractivity contribution in [2.24, 2.45) is 5.92 Å². The molecule has 7 heteroatoms. The van der Waals surface area contributed by atoms with Gasteiger partial charge in [0.2, 0.25) is 5.91 Å². The van der Waals surface area contributed by atoms with Crippen LogP contribution in [-0.2, 0) is 11.3 Å². The minimum absolute atomic E-state index is 0.0664. The van der Waals surface area contributed by atoms with Crippen molar-refractivity contribution >= 4 is 22.8 Å². The highest BCUT2D eigenvalue weighted by atomic mass is 16.5. The Balaban J connectivity index is 1.50. The van der Waals surface area contributed by atoms with E-state index in [9.17, 15) is 4.79 Å². The van der Waals surface area contributed by atoms with E-state index in [-0.39, 0.29) is 11.8 Å². The summed E-state index contributed by atoms with van der Waals surface area (Å²) in [5.41, 5.74) is 3.62. The van der Waals surface area contributed by atoms with E-state index in [1.165, 1.54) is 5.56 Å². The molecule has 1 atom stereocenters. The Bertz CT molecular complexity index is 1010. The number of hydrogen-bond donors (Lipinski definition) is 1. The number of carbonyl (C=O) groups is 1. The third-order valence-electron chi connectivity index (χ3n) is 5.41. The summed E-state index contributed by atoms with van der Waals surface area (Å²) in [7, 11) is 0. The lowest BCUT2D eigenvalue weighted by Gasteiger charge is -2.33. The molecule has 0 spiro atoms. The number of hydrogen-bond acceptors (Lipinski definition) is 6. The molecule has 4 rings (SSSR count). The Morgan fingerprint density at radius 2 is 2.07 bits per heavy atom. The first-order chi connectivity index (χ1) is 13.5. The highest BCUT2D eigenvalue weighted by Crippen LogP contribution is 2.30. The Kier molecular flexibility index (Phi) is 4.98. The zero-order valence-electron chi connectivity index (χ0n) is 16.5. The molecule has 0 aliphatic carbocycles. The number of aromatic nitrogens is 3. The topological polar surface area (TPSA) is 84.2 Å². The predicted molar refractivity (Wildman–Crippen MR) is 107 cm³/mol. The number of amides is 1. The minimum Gasteiger partial charge on any atom is -0.355 e. The van der Waals surface area contributed by atoms with Gasteiger partial charge in [0.25, 0.3) is 5.71 Å². The van der Waals surface area contributed by atoms with Gasteiger partial charge < -0.3 is 14.7 Å². The number of nitrogens with zero attached hydrogens (tertiary/aromatic N) is 4. The molecule has 0 saturated carbocycles. The van der Waals surface area contributed by atoms with Crippen LogP contribution in [0.5, 0.6) is 0 Å². The van der Waals surface area contributed by atoms with Crippen molar-refractivity contribution in [3.05, 3.63) is 46.9 Å². The average Bonchev–Trinajstić information content (AvgIpc) is 3.07. The monoisotopic (exact) mass is 379 g/mol. The molecule has 1 saturated heterocycles. The lowest BCUT2D eigenvalue weighted by Crippen LogP contribution is -2.43. The van der Waals surface area contributed by atoms with E-state index in [0.717, 1.165) is 41.8 Å². The van der Waals surface area contributed by atoms with Gasteiger partial charge in [-0.05, 0) is 44.7 Å². The predicted octanol–water partition coefficient (Wildman–Crippen LogP) is 3.08. The summed E-state index contributed by atoms with van der Waals surface area (Å²) in [6.45, 7) is 7.85. The van der Waals surface area contributed by atoms with Crippen LogP contribution in [0.3, 0.4) is 0 Å². The number of carbonyl (C=O) groups excluding carboxylic acids is 1. The van der Waals surface area contributed by atoms with E-state index >= 15 is 0 Å². The Hall–Kier alpha value is -2.96. The fourth-order valence-corrected chi connectivity index (χ4v) is 3.82. The molecule has 1 fully saturated rings. The smallest absolute Gasteiger partial charge is 0.263 e. The van der Waals surface area contributed by atoms with Crippen molar-refractivity contribution in [2.75, 3.05) is 18.0 Å². The van der Waals surface area contributed by atoms with Crippen LogP contribution in [0.25, 0.3) is 11.1 Å². The summed E-state index contributed by atoms with van der Waals surface area (Å²) >= 11 is 0. The molecule has 1 aliphatic heterocycles. The first-order valence-electron chi connectivity index (χ1n) is 9.70. The highest BCUT2D eigenvalue weighted by molar-refractivity contribution is 5.88. The zero-order valence-corrected chi connectivity index (χ0v) is 16.5. The maximum Gasteiger partial charge on any atom is 0.263 e. The molecule has 0 bridgehead atoms. The van der Waals surface area contributed by atoms with Gasteiger partial charge in [-0.25, -0.2) is 4.98 Å². The van der Waals surface area contributed by atoms with Crippen molar-refractivity contribution in [1.82, 2.24) is 20.4 Å². The normalized spacial score (nSPS) is 17.1. The van der Waals surface area contributed by atoms with Gasteiger partial charge in [0.05, 0.1) is 11.6 Å². The third-order valence-corrected chi connectivity index (χ3v) is 5.41. The standard InChI is InChI=1S/C21H25N5O2/c1-13-7-4-5-8-16(13)11-22-20(27)17-9-6-10-26(12-17)19-18-14(2)25-28-21(18)24-15(3)23-19/h4-5,7-8,17H,6,9-12H2,1-3H3,(H,22,27)/t17-/m1/s1. The van der Waals surface area contributed by atoms with Crippen LogP contribution in [0.2, 0.25) is 0 Å². The van der Waals surface area contributed by atoms with Crippen molar-refractivity contribution in [1.29, 1.82) is 0 Å². The SMILES string of the molecule is Cc1nc(N2CCC[C@@H](C(=O)NCc3ccccc3C)C2)c2c(C)noc2n1. The van der Waals surface area contributed by atoms with Crippen molar-refractivity contribution in [2.45, 2.75) is 40.2 Å². The zero-order chi connectivity index (χ0) is 19.7. The molecule has 1 amide bonds. The molecule has 0 radical (unpaired) electrons. The fraction of sp³-hybridized carbons (Fsp3) is 0.429. The molecule has 1 N–H and O–H groups in total. The van der Waals surface area contributed by atoms with E-state index in [0.29, 0.717) is 24.6 Å². The van der Waals surface area contributed by atoms with Crippen molar-refractivity contribution < 1.29 is 9.32 Å². The van der Waals surface area contributed by atoms with Crippen LogP contribution >= 0.6 is 0 Å². The molecule has 3 heterocycles. The number of fused-ring (bicyclic) bond motifs is 1. The fourth-order valence-electron chi connectivity index (χ4n) is 3.82. The van der Waals surface area contributed by atoms with Gasteiger partial charge in [0.15, 0.2) is 0 Å². The van der Waals surface area contributed by atoms with Gasteiger partial charge in [-0.3, -0.25) is 4.79 Å². The van der Waals surface area contributed by atoms with E-state index in [1.54, 1.807) is 0 Å². The first-order valence-corrected chi connectivity index (χ1v) is 9.70. The summed E-state index contributed by atoms with van der Waals surface area (Å²) in [5.74, 6) is 1.49. The summed E-state index contributed by atoms with van der Waals surface area (Å²) in [6, 6.07) is 8.13. The molecule has 7 nitrogen and oxygen atoms in total. The second-order valence-electron chi connectivity index (χ2n) is 7.47. The summed E-state index contributed by atoms with van der Waals surface area (Å²) in [5, 5.41) is 7.98. The van der Waals surface area contributed by atoms with Gasteiger partial charge in [-0.2, -0.15) is 4.98 Å². The van der Waals surface area contributed by atoms with E-state index in [1.807, 2.05) is 26.0 Å². The van der Waals surface area contributed by atoms with E-state index < -0.39 is 0 Å². The second kappa shape index (κ2) is 7.58. The number of rotatable bonds is 4. The van der Waals surface area contributed by atoms with Crippen LogP contribution < -0.4 is 10.2 Å². The lowest BCUT2D eigenvalue weighted by atomic mass is 9.96. The van der Waals surface area contributed by atoms with Crippen molar-refractivity contribution in [3.8, 4) is 0 Å². The molecule has 1 aromatic carbocycles. The van der Waals surface area contributed by atoms with E-state index in [4.69, 9.17) is 4.52 Å². The van der Waals surface area contributed by atoms with Crippen molar-refractivity contribution in [3.63, 3.8) is 0 Å². The Morgan fingerprint density at radius 1 is 1.25 bits per heavy atom. The molecule has 28 heavy (non-hydrogen) atoms. The molecule has 146 valence electrons. The number of piperidine rings is 1. The van der Waals surface area contributed by atoms with Crippen LogP contribution in [0.1, 0.15) is 35.5 Å². The Labute approximate surface area is 164 Å². The highest BCUT2D eigenvalue weighted by Gasteiger charge is 2.29. The summed E-state index contributed by atoms with van der Waals surface area (Å²) in [4.78, 5) is 23.9. The van der Waals surface area contributed by atoms with E-state index in [2.05, 4.69) is 44.4 Å². The Morgan fingerprint density at radius 3 is 2.89 bits per heavy atom. The summed E-state index contributed by atoms with van der Waals surface area (Å²) < 4.78 is 5.33.